The highest BCUT2D eigenvalue weighted by Gasteiger charge is 2.34. The van der Waals surface area contributed by atoms with Crippen molar-refractivity contribution in [2.75, 3.05) is 23.7 Å². The molecule has 0 bridgehead atoms. The second kappa shape index (κ2) is 6.05. The minimum absolute atomic E-state index is 0.0182. The van der Waals surface area contributed by atoms with Crippen molar-refractivity contribution in [3.05, 3.63) is 24.3 Å². The van der Waals surface area contributed by atoms with Crippen LogP contribution in [0.3, 0.4) is 0 Å². The molecule has 2 rings (SSSR count). The Bertz CT molecular complexity index is 508. The van der Waals surface area contributed by atoms with Gasteiger partial charge in [0.05, 0.1) is 5.41 Å². The summed E-state index contributed by atoms with van der Waals surface area (Å²) in [4.78, 5) is 23.4. The molecule has 5 nitrogen and oxygen atoms in total. The third kappa shape index (κ3) is 3.57. The molecule has 20 heavy (non-hydrogen) atoms. The minimum atomic E-state index is -0.373. The lowest BCUT2D eigenvalue weighted by molar-refractivity contribution is -0.125. The van der Waals surface area contributed by atoms with E-state index in [4.69, 9.17) is 0 Å². The van der Waals surface area contributed by atoms with Crippen LogP contribution in [0.4, 0.5) is 11.4 Å². The summed E-state index contributed by atoms with van der Waals surface area (Å²) < 4.78 is 0. The van der Waals surface area contributed by atoms with Crippen LogP contribution in [0.15, 0.2) is 24.3 Å². The zero-order valence-electron chi connectivity index (χ0n) is 12.0. The fourth-order valence-electron chi connectivity index (χ4n) is 2.41. The first kappa shape index (κ1) is 14.5. The molecule has 1 unspecified atom stereocenters. The standard InChI is InChI=1S/C15H21N3O2/c1-11(19)17-12-5-3-6-13(9-12)18-14(20)15(2)7-4-8-16-10-15/h3,5-6,9,16H,4,7-8,10H2,1-2H3,(H,17,19)(H,18,20). The number of carbonyl (C=O) groups excluding carboxylic acids is 2. The number of benzene rings is 1. The van der Waals surface area contributed by atoms with Crippen molar-refractivity contribution in [2.24, 2.45) is 5.41 Å². The van der Waals surface area contributed by atoms with Gasteiger partial charge in [-0.25, -0.2) is 0 Å². The number of hydrogen-bond donors (Lipinski definition) is 3. The van der Waals surface area contributed by atoms with Crippen molar-refractivity contribution in [3.8, 4) is 0 Å². The van der Waals surface area contributed by atoms with Gasteiger partial charge in [-0.15, -0.1) is 0 Å². The largest absolute Gasteiger partial charge is 0.326 e. The summed E-state index contributed by atoms with van der Waals surface area (Å²) in [6.07, 6.45) is 1.90. The van der Waals surface area contributed by atoms with E-state index in [1.165, 1.54) is 6.92 Å². The van der Waals surface area contributed by atoms with Gasteiger partial charge < -0.3 is 16.0 Å². The van der Waals surface area contributed by atoms with Crippen LogP contribution in [-0.4, -0.2) is 24.9 Å². The Labute approximate surface area is 119 Å². The first-order valence-electron chi connectivity index (χ1n) is 6.89. The number of carbonyl (C=O) groups is 2. The summed E-state index contributed by atoms with van der Waals surface area (Å²) in [6.45, 7) is 5.11. The molecule has 0 radical (unpaired) electrons. The van der Waals surface area contributed by atoms with Crippen LogP contribution >= 0.6 is 0 Å². The minimum Gasteiger partial charge on any atom is -0.326 e. The van der Waals surface area contributed by atoms with Gasteiger partial charge >= 0.3 is 0 Å². The Hall–Kier alpha value is -1.88. The first-order chi connectivity index (χ1) is 9.49. The van der Waals surface area contributed by atoms with Crippen LogP contribution in [-0.2, 0) is 9.59 Å². The number of amides is 2. The van der Waals surface area contributed by atoms with Gasteiger partial charge in [0.15, 0.2) is 0 Å². The second-order valence-corrected chi connectivity index (χ2v) is 5.56. The molecular weight excluding hydrogens is 254 g/mol. The Kier molecular flexibility index (Phi) is 4.39. The van der Waals surface area contributed by atoms with E-state index < -0.39 is 0 Å². The van der Waals surface area contributed by atoms with Gasteiger partial charge in [-0.05, 0) is 44.5 Å². The van der Waals surface area contributed by atoms with Crippen LogP contribution in [0, 0.1) is 5.41 Å². The van der Waals surface area contributed by atoms with E-state index in [1.807, 2.05) is 19.1 Å². The topological polar surface area (TPSA) is 70.2 Å². The Morgan fingerprint density at radius 3 is 2.55 bits per heavy atom. The fourth-order valence-corrected chi connectivity index (χ4v) is 2.41. The van der Waals surface area contributed by atoms with Gasteiger partial charge in [0.2, 0.25) is 11.8 Å². The molecule has 1 atom stereocenters. The van der Waals surface area contributed by atoms with Gasteiger partial charge in [0.1, 0.15) is 0 Å². The SMILES string of the molecule is CC(=O)Nc1cccc(NC(=O)C2(C)CCCNC2)c1. The Balaban J connectivity index is 2.05. The summed E-state index contributed by atoms with van der Waals surface area (Å²) in [6, 6.07) is 7.19. The first-order valence-corrected chi connectivity index (χ1v) is 6.89. The van der Waals surface area contributed by atoms with Crippen LogP contribution in [0.1, 0.15) is 26.7 Å². The maximum atomic E-state index is 12.4. The fraction of sp³-hybridized carbons (Fsp3) is 0.467. The van der Waals surface area contributed by atoms with Crippen molar-refractivity contribution >= 4 is 23.2 Å². The molecule has 1 fully saturated rings. The lowest BCUT2D eigenvalue weighted by Crippen LogP contribution is -2.46. The van der Waals surface area contributed by atoms with Crippen molar-refractivity contribution < 1.29 is 9.59 Å². The van der Waals surface area contributed by atoms with E-state index in [-0.39, 0.29) is 17.2 Å². The lowest BCUT2D eigenvalue weighted by Gasteiger charge is -2.32. The van der Waals surface area contributed by atoms with Crippen molar-refractivity contribution in [1.82, 2.24) is 5.32 Å². The molecule has 1 saturated heterocycles. The highest BCUT2D eigenvalue weighted by atomic mass is 16.2. The Morgan fingerprint density at radius 1 is 1.25 bits per heavy atom. The Morgan fingerprint density at radius 2 is 1.95 bits per heavy atom. The summed E-state index contributed by atoms with van der Waals surface area (Å²) in [7, 11) is 0. The molecule has 0 saturated carbocycles. The molecule has 0 aliphatic carbocycles. The molecule has 108 valence electrons. The monoisotopic (exact) mass is 275 g/mol. The summed E-state index contributed by atoms with van der Waals surface area (Å²) >= 11 is 0. The third-order valence-electron chi connectivity index (χ3n) is 3.59. The van der Waals surface area contributed by atoms with Crippen LogP contribution < -0.4 is 16.0 Å². The summed E-state index contributed by atoms with van der Waals surface area (Å²) in [5.41, 5.74) is 1.01. The molecule has 1 aromatic rings. The van der Waals surface area contributed by atoms with Crippen molar-refractivity contribution in [1.29, 1.82) is 0 Å². The average molecular weight is 275 g/mol. The average Bonchev–Trinajstić information content (AvgIpc) is 2.39. The second-order valence-electron chi connectivity index (χ2n) is 5.56. The summed E-state index contributed by atoms with van der Waals surface area (Å²) in [5.74, 6) is -0.110. The van der Waals surface area contributed by atoms with Crippen LogP contribution in [0.25, 0.3) is 0 Å². The number of nitrogens with one attached hydrogen (secondary N) is 3. The smallest absolute Gasteiger partial charge is 0.231 e. The number of piperidine rings is 1. The van der Waals surface area contributed by atoms with Crippen molar-refractivity contribution in [3.63, 3.8) is 0 Å². The third-order valence-corrected chi connectivity index (χ3v) is 3.59. The van der Waals surface area contributed by atoms with Crippen LogP contribution in [0.2, 0.25) is 0 Å². The van der Waals surface area contributed by atoms with Crippen molar-refractivity contribution in [2.45, 2.75) is 26.7 Å². The quantitative estimate of drug-likeness (QED) is 0.790. The lowest BCUT2D eigenvalue weighted by atomic mass is 9.82. The van der Waals surface area contributed by atoms with Crippen LogP contribution in [0.5, 0.6) is 0 Å². The van der Waals surface area contributed by atoms with Gasteiger partial charge in [-0.1, -0.05) is 6.07 Å². The van der Waals surface area contributed by atoms with E-state index in [1.54, 1.807) is 12.1 Å². The number of hydrogen-bond acceptors (Lipinski definition) is 3. The molecular formula is C15H21N3O2. The number of rotatable bonds is 3. The molecule has 0 aromatic heterocycles. The van der Waals surface area contributed by atoms with Gasteiger partial charge in [-0.3, -0.25) is 9.59 Å². The number of anilines is 2. The van der Waals surface area contributed by atoms with E-state index in [2.05, 4.69) is 16.0 Å². The molecule has 5 heteroatoms. The molecule has 2 amide bonds. The summed E-state index contributed by atoms with van der Waals surface area (Å²) in [5, 5.41) is 8.90. The molecule has 1 heterocycles. The highest BCUT2D eigenvalue weighted by Crippen LogP contribution is 2.27. The van der Waals surface area contributed by atoms with E-state index in [0.717, 1.165) is 19.4 Å². The zero-order valence-corrected chi connectivity index (χ0v) is 12.0. The predicted octanol–water partition coefficient (Wildman–Crippen LogP) is 1.97. The normalized spacial score (nSPS) is 22.1. The molecule has 1 aliphatic rings. The molecule has 1 aliphatic heterocycles. The van der Waals surface area contributed by atoms with Gasteiger partial charge in [0.25, 0.3) is 0 Å². The molecule has 3 N–H and O–H groups in total. The van der Waals surface area contributed by atoms with Gasteiger partial charge in [-0.2, -0.15) is 0 Å². The molecule has 0 spiro atoms. The molecule has 1 aromatic carbocycles. The maximum Gasteiger partial charge on any atom is 0.231 e. The van der Waals surface area contributed by atoms with E-state index >= 15 is 0 Å². The van der Waals surface area contributed by atoms with E-state index in [0.29, 0.717) is 17.9 Å². The maximum absolute atomic E-state index is 12.4. The predicted molar refractivity (Wildman–Crippen MR) is 79.6 cm³/mol. The zero-order chi connectivity index (χ0) is 14.6. The van der Waals surface area contributed by atoms with Gasteiger partial charge in [0, 0.05) is 24.8 Å². The van der Waals surface area contributed by atoms with E-state index in [9.17, 15) is 9.59 Å². The highest BCUT2D eigenvalue weighted by molar-refractivity contribution is 5.96.